The van der Waals surface area contributed by atoms with Crippen LogP contribution in [-0.4, -0.2) is 69.6 Å². The quantitative estimate of drug-likeness (QED) is 0.314. The van der Waals surface area contributed by atoms with Crippen molar-refractivity contribution in [1.82, 2.24) is 0 Å². The van der Waals surface area contributed by atoms with E-state index in [1.54, 1.807) is 6.07 Å². The van der Waals surface area contributed by atoms with E-state index in [0.717, 1.165) is 31.3 Å². The van der Waals surface area contributed by atoms with Gasteiger partial charge in [0.05, 0.1) is 22.8 Å². The summed E-state index contributed by atoms with van der Waals surface area (Å²) in [5.74, 6) is -0.778. The Bertz CT molecular complexity index is 995. The molecule has 6 rings (SSSR count). The number of hydrogen-bond acceptors (Lipinski definition) is 8. The van der Waals surface area contributed by atoms with Crippen molar-refractivity contribution in [3.63, 3.8) is 0 Å². The first kappa shape index (κ1) is 19.9. The molecule has 4 saturated carbocycles. The fourth-order valence-electron chi connectivity index (χ4n) is 6.42. The van der Waals surface area contributed by atoms with Gasteiger partial charge in [-0.05, 0) is 79.5 Å². The minimum Gasteiger partial charge on any atom is -0.496 e. The molecule has 0 amide bonds. The molecule has 1 heterocycles. The first-order valence-electron chi connectivity index (χ1n) is 12.8. The summed E-state index contributed by atoms with van der Waals surface area (Å²) in [6.07, 6.45) is -1.95. The van der Waals surface area contributed by atoms with E-state index in [0.29, 0.717) is 17.4 Å². The summed E-state index contributed by atoms with van der Waals surface area (Å²) in [4.78, 5) is 0. The van der Waals surface area contributed by atoms with Crippen LogP contribution in [0.2, 0.25) is 5.02 Å². The van der Waals surface area contributed by atoms with Gasteiger partial charge in [-0.25, -0.2) is 0 Å². The van der Waals surface area contributed by atoms with Gasteiger partial charge >= 0.3 is 0 Å². The van der Waals surface area contributed by atoms with Crippen LogP contribution in [-0.2, 0) is 9.47 Å². The fourth-order valence-corrected chi connectivity index (χ4v) is 6.58. The number of hydrogen-bond donors (Lipinski definition) is 5. The second kappa shape index (κ2) is 8.68. The summed E-state index contributed by atoms with van der Waals surface area (Å²) in [5, 5.41) is 50.0. The largest absolute Gasteiger partial charge is 0.496 e. The molecule has 5 fully saturated rings. The van der Waals surface area contributed by atoms with Crippen LogP contribution in [0.4, 0.5) is 0 Å². The van der Waals surface area contributed by atoms with E-state index in [1.807, 2.05) is 0 Å². The van der Waals surface area contributed by atoms with Gasteiger partial charge in [-0.3, -0.25) is 0 Å². The third kappa shape index (κ3) is 3.95. The van der Waals surface area contributed by atoms with Crippen molar-refractivity contribution >= 4 is 17.4 Å². The first-order valence-corrected chi connectivity index (χ1v) is 11.7. The highest BCUT2D eigenvalue weighted by atomic mass is 35.5. The maximum atomic E-state index is 10.4. The minimum absolute atomic E-state index is 0.00143. The lowest BCUT2D eigenvalue weighted by Gasteiger charge is -2.51. The van der Waals surface area contributed by atoms with E-state index in [1.165, 1.54) is 18.6 Å². The van der Waals surface area contributed by atoms with Gasteiger partial charge in [0.2, 0.25) is 12.1 Å². The number of methoxy groups -OCH3 is 1. The van der Waals surface area contributed by atoms with Crippen LogP contribution in [0.1, 0.15) is 41.8 Å². The maximum Gasteiger partial charge on any atom is 0.229 e. The van der Waals surface area contributed by atoms with Gasteiger partial charge in [0, 0.05) is 5.56 Å². The SMILES string of the molecule is [2H]C([2H])([2H])OC(=C1C2CC3CC(C2)CC1C3)c1ccc(Cl)c(O[C@@H]2OC(CO)C(O)(O)[C@H](O)C2O)c1. The lowest BCUT2D eigenvalue weighted by molar-refractivity contribution is -0.375. The minimum atomic E-state index is -2.90. The molecule has 9 heteroatoms. The third-order valence-corrected chi connectivity index (χ3v) is 8.11. The molecule has 4 atom stereocenters. The summed E-state index contributed by atoms with van der Waals surface area (Å²) in [7, 11) is -2.68. The molecular formula is C24H31ClO8. The number of rotatable bonds is 5. The summed E-state index contributed by atoms with van der Waals surface area (Å²) in [5.41, 5.74) is 1.46. The van der Waals surface area contributed by atoms with Gasteiger partial charge in [0.1, 0.15) is 29.8 Å². The Kier molecular flexibility index (Phi) is 5.22. The number of aliphatic hydroxyl groups excluding tert-OH is 3. The van der Waals surface area contributed by atoms with Crippen molar-refractivity contribution in [2.24, 2.45) is 23.7 Å². The number of allylic oxidation sites excluding steroid dienone is 1. The van der Waals surface area contributed by atoms with Crippen LogP contribution in [0.15, 0.2) is 23.8 Å². The van der Waals surface area contributed by atoms with Crippen molar-refractivity contribution in [1.29, 1.82) is 0 Å². The Morgan fingerprint density at radius 1 is 1.15 bits per heavy atom. The Morgan fingerprint density at radius 2 is 1.82 bits per heavy atom. The fraction of sp³-hybridized carbons (Fsp3) is 0.667. The number of halogens is 1. The van der Waals surface area contributed by atoms with E-state index >= 15 is 0 Å². The first-order chi connectivity index (χ1) is 16.9. The van der Waals surface area contributed by atoms with Gasteiger partial charge in [-0.1, -0.05) is 11.6 Å². The molecule has 5 aliphatic rings. The van der Waals surface area contributed by atoms with E-state index in [4.69, 9.17) is 29.9 Å². The van der Waals surface area contributed by atoms with E-state index in [2.05, 4.69) is 0 Å². The molecule has 0 radical (unpaired) electrons. The van der Waals surface area contributed by atoms with Crippen molar-refractivity contribution < 1.29 is 43.9 Å². The molecule has 1 aliphatic heterocycles. The Morgan fingerprint density at radius 3 is 2.42 bits per heavy atom. The van der Waals surface area contributed by atoms with Crippen molar-refractivity contribution in [3.8, 4) is 5.75 Å². The molecule has 0 spiro atoms. The zero-order valence-electron chi connectivity index (χ0n) is 20.9. The summed E-state index contributed by atoms with van der Waals surface area (Å²) >= 11 is 6.33. The second-order valence-corrected chi connectivity index (χ2v) is 10.3. The molecule has 2 unspecified atom stereocenters. The molecule has 5 N–H and O–H groups in total. The Labute approximate surface area is 201 Å². The predicted octanol–water partition coefficient (Wildman–Crippen LogP) is 1.65. The molecular weight excluding hydrogens is 452 g/mol. The highest BCUT2D eigenvalue weighted by Crippen LogP contribution is 2.58. The number of benzene rings is 1. The van der Waals surface area contributed by atoms with Gasteiger partial charge < -0.3 is 39.7 Å². The maximum absolute atomic E-state index is 10.4. The Hall–Kier alpha value is -1.39. The van der Waals surface area contributed by atoms with Crippen LogP contribution in [0.5, 0.6) is 5.75 Å². The lowest BCUT2D eigenvalue weighted by Crippen LogP contribution is -2.67. The summed E-state index contributed by atoms with van der Waals surface area (Å²) < 4.78 is 39.9. The number of ether oxygens (including phenoxy) is 3. The van der Waals surface area contributed by atoms with Crippen LogP contribution >= 0.6 is 11.6 Å². The van der Waals surface area contributed by atoms with Crippen LogP contribution in [0.25, 0.3) is 5.76 Å². The second-order valence-electron chi connectivity index (χ2n) is 9.85. The average molecular weight is 486 g/mol. The van der Waals surface area contributed by atoms with Crippen molar-refractivity contribution in [2.45, 2.75) is 62.5 Å². The normalized spacial score (nSPS) is 40.7. The van der Waals surface area contributed by atoms with E-state index < -0.39 is 44.0 Å². The van der Waals surface area contributed by atoms with Crippen LogP contribution in [0, 0.1) is 23.7 Å². The topological polar surface area (TPSA) is 129 Å². The van der Waals surface area contributed by atoms with Crippen LogP contribution in [0.3, 0.4) is 0 Å². The summed E-state index contributed by atoms with van der Waals surface area (Å²) in [6.45, 7) is -0.863. The van der Waals surface area contributed by atoms with Gasteiger partial charge in [0.25, 0.3) is 0 Å². The average Bonchev–Trinajstić information content (AvgIpc) is 2.78. The van der Waals surface area contributed by atoms with Crippen molar-refractivity contribution in [3.05, 3.63) is 34.4 Å². The summed E-state index contributed by atoms with van der Waals surface area (Å²) in [6, 6.07) is 4.63. The zero-order chi connectivity index (χ0) is 26.0. The van der Waals surface area contributed by atoms with Gasteiger partial charge in [0.15, 0.2) is 0 Å². The van der Waals surface area contributed by atoms with Crippen LogP contribution < -0.4 is 4.74 Å². The van der Waals surface area contributed by atoms with Gasteiger partial charge in [-0.15, -0.1) is 0 Å². The van der Waals surface area contributed by atoms with Crippen molar-refractivity contribution in [2.75, 3.05) is 13.6 Å². The zero-order valence-corrected chi connectivity index (χ0v) is 18.7. The molecule has 8 nitrogen and oxygen atoms in total. The molecule has 0 aromatic heterocycles. The monoisotopic (exact) mass is 485 g/mol. The highest BCUT2D eigenvalue weighted by molar-refractivity contribution is 6.32. The Balaban J connectivity index is 1.49. The third-order valence-electron chi connectivity index (χ3n) is 7.79. The molecule has 1 aromatic carbocycles. The predicted molar refractivity (Wildman–Crippen MR) is 118 cm³/mol. The van der Waals surface area contributed by atoms with E-state index in [-0.39, 0.29) is 28.4 Å². The molecule has 1 aromatic rings. The molecule has 1 saturated heterocycles. The molecule has 182 valence electrons. The molecule has 4 aliphatic carbocycles. The highest BCUT2D eigenvalue weighted by Gasteiger charge is 2.55. The smallest absolute Gasteiger partial charge is 0.229 e. The van der Waals surface area contributed by atoms with Gasteiger partial charge in [-0.2, -0.15) is 0 Å². The molecule has 33 heavy (non-hydrogen) atoms. The lowest BCUT2D eigenvalue weighted by atomic mass is 9.54. The standard InChI is InChI=1S/C24H31ClO8/c1-31-21(19-14-5-11-4-12(7-14)8-15(19)6-11)13-2-3-16(25)17(9-13)32-23-20(27)22(28)24(29,30)18(10-26)33-23/h2-3,9,11-12,14-15,18,20,22-23,26-30H,4-8,10H2,1H3/t11?,12?,14?,15?,18?,20?,22-,23-/m1/s1/i1D3. The molecule has 4 bridgehead atoms. The van der Waals surface area contributed by atoms with E-state index in [9.17, 15) is 25.5 Å². The number of aliphatic hydroxyl groups is 5.